The molecule has 1 nitrogen and oxygen atoms in total. The van der Waals surface area contributed by atoms with E-state index in [1.54, 1.807) is 12.2 Å². The first kappa shape index (κ1) is 23.9. The van der Waals surface area contributed by atoms with Crippen LogP contribution in [0.2, 0.25) is 0 Å². The van der Waals surface area contributed by atoms with E-state index >= 15 is 0 Å². The molecule has 0 aliphatic carbocycles. The fourth-order valence-corrected chi connectivity index (χ4v) is 1.01. The van der Waals surface area contributed by atoms with Gasteiger partial charge in [-0.1, -0.05) is 90.8 Å². The van der Waals surface area contributed by atoms with Gasteiger partial charge in [0.05, 0.1) is 0 Å². The van der Waals surface area contributed by atoms with E-state index in [1.165, 1.54) is 0 Å². The van der Waals surface area contributed by atoms with Gasteiger partial charge in [0.2, 0.25) is 0 Å². The number of allylic oxidation sites excluding steroid dienone is 3. The summed E-state index contributed by atoms with van der Waals surface area (Å²) >= 11 is 0. The van der Waals surface area contributed by atoms with Crippen molar-refractivity contribution in [1.29, 1.82) is 0 Å². The Balaban J connectivity index is -0.000000478. The molecule has 21 heavy (non-hydrogen) atoms. The Kier molecular flexibility index (Phi) is 22.9. The van der Waals surface area contributed by atoms with Crippen LogP contribution in [0.5, 0.6) is 0 Å². The van der Waals surface area contributed by atoms with Crippen molar-refractivity contribution in [1.82, 2.24) is 0 Å². The van der Waals surface area contributed by atoms with Gasteiger partial charge in [-0.15, -0.1) is 0 Å². The van der Waals surface area contributed by atoms with Gasteiger partial charge in [0.25, 0.3) is 0 Å². The highest BCUT2D eigenvalue weighted by atomic mass is 14.5. The first-order valence-corrected chi connectivity index (χ1v) is 7.58. The lowest BCUT2D eigenvalue weighted by atomic mass is 10.2. The van der Waals surface area contributed by atoms with Gasteiger partial charge in [0.15, 0.2) is 0 Å². The highest BCUT2D eigenvalue weighted by Gasteiger charge is 1.86. The summed E-state index contributed by atoms with van der Waals surface area (Å²) in [5.74, 6) is 5.98. The van der Waals surface area contributed by atoms with E-state index in [0.717, 1.165) is 11.1 Å². The number of hydrogen-bond donors (Lipinski definition) is 1. The van der Waals surface area contributed by atoms with E-state index in [-0.39, 0.29) is 0 Å². The van der Waals surface area contributed by atoms with Crippen LogP contribution in [0.1, 0.15) is 47.1 Å². The van der Waals surface area contributed by atoms with Gasteiger partial charge in [-0.3, -0.25) is 0 Å². The molecule has 1 aromatic rings. The third-order valence-electron chi connectivity index (χ3n) is 1.69. The normalized spacial score (nSPS) is 8.00. The van der Waals surface area contributed by atoms with Crippen molar-refractivity contribution in [3.05, 3.63) is 72.5 Å². The Morgan fingerprint density at radius 2 is 1.48 bits per heavy atom. The molecule has 0 saturated carbocycles. The molecule has 0 spiro atoms. The van der Waals surface area contributed by atoms with Crippen molar-refractivity contribution < 1.29 is 0 Å². The largest absolute Gasteiger partial charge is 0.399 e. The lowest BCUT2D eigenvalue weighted by Gasteiger charge is -1.91. The summed E-state index contributed by atoms with van der Waals surface area (Å²) < 4.78 is 0. The van der Waals surface area contributed by atoms with Crippen LogP contribution < -0.4 is 5.73 Å². The molecular weight excluding hydrogens is 254 g/mol. The zero-order valence-electron chi connectivity index (χ0n) is 14.5. The molecule has 2 N–H and O–H groups in total. The Morgan fingerprint density at radius 3 is 1.86 bits per heavy atom. The highest BCUT2D eigenvalue weighted by Crippen LogP contribution is 1.99. The summed E-state index contributed by atoms with van der Waals surface area (Å²) in [4.78, 5) is 0. The fraction of sp³-hybridized carbons (Fsp3) is 0.300. The predicted molar refractivity (Wildman–Crippen MR) is 99.0 cm³/mol. The molecular formula is C20H31N. The van der Waals surface area contributed by atoms with E-state index in [9.17, 15) is 0 Å². The average Bonchev–Trinajstić information content (AvgIpc) is 2.57. The van der Waals surface area contributed by atoms with E-state index < -0.39 is 0 Å². The summed E-state index contributed by atoms with van der Waals surface area (Å²) in [5, 5.41) is 0. The van der Waals surface area contributed by atoms with E-state index in [4.69, 9.17) is 5.73 Å². The molecule has 0 bridgehead atoms. The van der Waals surface area contributed by atoms with E-state index in [1.807, 2.05) is 71.9 Å². The Morgan fingerprint density at radius 1 is 1.00 bits per heavy atom. The summed E-state index contributed by atoms with van der Waals surface area (Å²) in [6, 6.07) is 9.75. The molecule has 1 aromatic carbocycles. The predicted octanol–water partition coefficient (Wildman–Crippen LogP) is 5.70. The molecule has 116 valence electrons. The standard InChI is InChI=1S/C14H13N.3C2H6/c1-3-13(11-12(2)15)9-10-14-7-5-4-6-8-14;3*1-2/h3-8,11H,1-2,15H2;3*1-2H3/b13-11+;;;. The minimum atomic E-state index is 0.479. The second-order valence-corrected chi connectivity index (χ2v) is 2.99. The van der Waals surface area contributed by atoms with Gasteiger partial charge in [-0.25, -0.2) is 0 Å². The Labute approximate surface area is 132 Å². The quantitative estimate of drug-likeness (QED) is 0.547. The van der Waals surface area contributed by atoms with Gasteiger partial charge in [-0.05, 0) is 18.2 Å². The third kappa shape index (κ3) is 15.7. The lowest BCUT2D eigenvalue weighted by molar-refractivity contribution is 1.44. The molecule has 0 saturated heterocycles. The second-order valence-electron chi connectivity index (χ2n) is 2.99. The molecule has 0 radical (unpaired) electrons. The van der Waals surface area contributed by atoms with Gasteiger partial charge in [0.1, 0.15) is 0 Å². The maximum absolute atomic E-state index is 5.45. The number of nitrogens with two attached hydrogens (primary N) is 1. The Bertz CT molecular complexity index is 442. The molecule has 1 rings (SSSR count). The van der Waals surface area contributed by atoms with E-state index in [0.29, 0.717) is 5.70 Å². The van der Waals surface area contributed by atoms with Crippen LogP contribution in [0.15, 0.2) is 66.9 Å². The monoisotopic (exact) mass is 285 g/mol. The lowest BCUT2D eigenvalue weighted by Crippen LogP contribution is -1.90. The smallest absolute Gasteiger partial charge is 0.0263 e. The molecule has 0 fully saturated rings. The fourth-order valence-electron chi connectivity index (χ4n) is 1.01. The van der Waals surface area contributed by atoms with Crippen LogP contribution in [0.25, 0.3) is 0 Å². The molecule has 1 heteroatoms. The topological polar surface area (TPSA) is 26.0 Å². The van der Waals surface area contributed by atoms with Gasteiger partial charge in [0, 0.05) is 16.8 Å². The van der Waals surface area contributed by atoms with E-state index in [2.05, 4.69) is 25.0 Å². The molecule has 0 heterocycles. The van der Waals surface area contributed by atoms with Crippen molar-refractivity contribution in [3.63, 3.8) is 0 Å². The van der Waals surface area contributed by atoms with Gasteiger partial charge in [-0.2, -0.15) is 0 Å². The minimum absolute atomic E-state index is 0.479. The average molecular weight is 285 g/mol. The van der Waals surface area contributed by atoms with Crippen molar-refractivity contribution in [2.45, 2.75) is 41.5 Å². The second kappa shape index (κ2) is 20.1. The number of benzene rings is 1. The van der Waals surface area contributed by atoms with Crippen molar-refractivity contribution in [3.8, 4) is 11.8 Å². The van der Waals surface area contributed by atoms with Crippen LogP contribution in [0, 0.1) is 11.8 Å². The summed E-state index contributed by atoms with van der Waals surface area (Å²) in [7, 11) is 0. The Hall–Kier alpha value is -2.20. The maximum Gasteiger partial charge on any atom is 0.0263 e. The number of hydrogen-bond acceptors (Lipinski definition) is 1. The zero-order valence-corrected chi connectivity index (χ0v) is 14.5. The van der Waals surface area contributed by atoms with Crippen LogP contribution in [0.3, 0.4) is 0 Å². The highest BCUT2D eigenvalue weighted by molar-refractivity contribution is 5.46. The molecule has 0 aromatic heterocycles. The SMILES string of the molecule is C=C/C(C#Cc1ccccc1)=C\C(=C)N.CC.CC.CC. The van der Waals surface area contributed by atoms with Gasteiger partial charge < -0.3 is 5.73 Å². The summed E-state index contributed by atoms with van der Waals surface area (Å²) in [6.45, 7) is 19.2. The van der Waals surface area contributed by atoms with Gasteiger partial charge >= 0.3 is 0 Å². The van der Waals surface area contributed by atoms with Crippen LogP contribution in [0.4, 0.5) is 0 Å². The minimum Gasteiger partial charge on any atom is -0.399 e. The molecule has 0 amide bonds. The number of rotatable bonds is 2. The van der Waals surface area contributed by atoms with Crippen molar-refractivity contribution in [2.24, 2.45) is 5.73 Å². The first-order chi connectivity index (χ1) is 10.2. The first-order valence-electron chi connectivity index (χ1n) is 7.58. The zero-order chi connectivity index (χ0) is 17.1. The summed E-state index contributed by atoms with van der Waals surface area (Å²) in [5.41, 5.74) is 7.67. The molecule has 0 aliphatic heterocycles. The van der Waals surface area contributed by atoms with Crippen molar-refractivity contribution >= 4 is 0 Å². The maximum atomic E-state index is 5.45. The molecule has 0 atom stereocenters. The van der Waals surface area contributed by atoms with Crippen molar-refractivity contribution in [2.75, 3.05) is 0 Å². The third-order valence-corrected chi connectivity index (χ3v) is 1.69. The van der Waals surface area contributed by atoms with Crippen LogP contribution in [-0.4, -0.2) is 0 Å². The van der Waals surface area contributed by atoms with Crippen LogP contribution in [-0.2, 0) is 0 Å². The van der Waals surface area contributed by atoms with Crippen LogP contribution >= 0.6 is 0 Å². The molecule has 0 aliphatic rings. The summed E-state index contributed by atoms with van der Waals surface area (Å²) in [6.07, 6.45) is 3.36. The molecule has 0 unspecified atom stereocenters.